The molecule has 9 heteroatoms. The van der Waals surface area contributed by atoms with Gasteiger partial charge in [0.25, 0.3) is 0 Å². The fourth-order valence-corrected chi connectivity index (χ4v) is 6.89. The van der Waals surface area contributed by atoms with Gasteiger partial charge in [-0.2, -0.15) is 0 Å². The Morgan fingerprint density at radius 1 is 1.33 bits per heavy atom. The molecule has 1 unspecified atom stereocenters. The van der Waals surface area contributed by atoms with Gasteiger partial charge in [-0.25, -0.2) is 0 Å². The Kier molecular flexibility index (Phi) is 8.83. The maximum absolute atomic E-state index is 12.6. The number of nitrogens with one attached hydrogen (secondary N) is 2. The van der Waals surface area contributed by atoms with E-state index in [1.807, 2.05) is 32.0 Å². The molecule has 0 aromatic heterocycles. The van der Waals surface area contributed by atoms with Crippen molar-refractivity contribution >= 4 is 73.0 Å². The molecule has 0 saturated carbocycles. The molecule has 2 N–H and O–H groups in total. The Bertz CT molecular complexity index is 526. The lowest BCUT2D eigenvalue weighted by atomic mass is 10.3. The van der Waals surface area contributed by atoms with Crippen LogP contribution >= 0.6 is 62.2 Å². The third kappa shape index (κ3) is 7.48. The van der Waals surface area contributed by atoms with E-state index in [9.17, 15) is 4.57 Å². The van der Waals surface area contributed by atoms with Crippen LogP contribution in [0.2, 0.25) is 0 Å². The maximum Gasteiger partial charge on any atom is 0.352 e. The highest BCUT2D eigenvalue weighted by Gasteiger charge is 2.24. The van der Waals surface area contributed by atoms with Gasteiger partial charge in [0, 0.05) is 20.4 Å². The second kappa shape index (κ2) is 9.53. The Morgan fingerprint density at radius 3 is 2.48 bits per heavy atom. The van der Waals surface area contributed by atoms with Crippen molar-refractivity contribution in [3.8, 4) is 0 Å². The second-order valence-corrected chi connectivity index (χ2v) is 10.6. The number of thiocarbonyl (C=S) groups is 1. The van der Waals surface area contributed by atoms with Gasteiger partial charge in [0.15, 0.2) is 5.11 Å². The predicted octanol–water partition coefficient (Wildman–Crippen LogP) is 5.79. The number of anilines is 1. The van der Waals surface area contributed by atoms with Gasteiger partial charge in [0.2, 0.25) is 0 Å². The molecule has 1 rings (SSSR count). The zero-order chi connectivity index (χ0) is 15.9. The molecule has 0 saturated heterocycles. The van der Waals surface area contributed by atoms with Crippen LogP contribution in [-0.4, -0.2) is 17.5 Å². The third-order valence-corrected chi connectivity index (χ3v) is 7.58. The highest BCUT2D eigenvalue weighted by Crippen LogP contribution is 2.55. The molecule has 0 bridgehead atoms. The SMILES string of the molecule is CCCSP(=O)(NC(=S)Nc1cc(Br)cc(Br)c1)OCC. The minimum atomic E-state index is -3.01. The highest BCUT2D eigenvalue weighted by molar-refractivity contribution is 9.11. The number of hydrogen-bond acceptors (Lipinski definition) is 4. The average Bonchev–Trinajstić information content (AvgIpc) is 2.35. The Morgan fingerprint density at radius 2 is 1.95 bits per heavy atom. The van der Waals surface area contributed by atoms with Gasteiger partial charge in [0.1, 0.15) is 0 Å². The summed E-state index contributed by atoms with van der Waals surface area (Å²) in [5.74, 6) is 0.745. The first-order valence-electron chi connectivity index (χ1n) is 6.33. The van der Waals surface area contributed by atoms with E-state index < -0.39 is 6.72 Å². The van der Waals surface area contributed by atoms with Crippen LogP contribution in [-0.2, 0) is 9.09 Å². The topological polar surface area (TPSA) is 50.4 Å². The van der Waals surface area contributed by atoms with Crippen LogP contribution < -0.4 is 10.4 Å². The largest absolute Gasteiger partial charge is 0.352 e. The first-order chi connectivity index (χ1) is 9.88. The fourth-order valence-electron chi connectivity index (χ4n) is 1.39. The van der Waals surface area contributed by atoms with Crippen molar-refractivity contribution in [1.82, 2.24) is 5.09 Å². The van der Waals surface area contributed by atoms with Gasteiger partial charge in [-0.15, -0.1) is 0 Å². The monoisotopic (exact) mass is 474 g/mol. The van der Waals surface area contributed by atoms with Crippen LogP contribution in [0.25, 0.3) is 0 Å². The number of rotatable bonds is 7. The first-order valence-corrected chi connectivity index (χ1v) is 11.5. The lowest BCUT2D eigenvalue weighted by molar-refractivity contribution is 0.343. The molecule has 4 nitrogen and oxygen atoms in total. The van der Waals surface area contributed by atoms with Crippen molar-refractivity contribution in [2.45, 2.75) is 20.3 Å². The average molecular weight is 476 g/mol. The van der Waals surface area contributed by atoms with Crippen molar-refractivity contribution in [3.63, 3.8) is 0 Å². The molecule has 1 aromatic rings. The van der Waals surface area contributed by atoms with Gasteiger partial charge in [-0.1, -0.05) is 38.8 Å². The van der Waals surface area contributed by atoms with Crippen molar-refractivity contribution in [2.24, 2.45) is 0 Å². The summed E-state index contributed by atoms with van der Waals surface area (Å²) in [5.41, 5.74) is 0.789. The molecule has 0 fully saturated rings. The van der Waals surface area contributed by atoms with Crippen LogP contribution in [0.1, 0.15) is 20.3 Å². The van der Waals surface area contributed by atoms with Gasteiger partial charge in [-0.3, -0.25) is 9.65 Å². The van der Waals surface area contributed by atoms with E-state index >= 15 is 0 Å². The molecule has 0 aliphatic heterocycles. The van der Waals surface area contributed by atoms with E-state index in [1.54, 1.807) is 0 Å². The van der Waals surface area contributed by atoms with Crippen LogP contribution in [0.4, 0.5) is 5.69 Å². The number of hydrogen-bond donors (Lipinski definition) is 2. The molecule has 0 amide bonds. The summed E-state index contributed by atoms with van der Waals surface area (Å²) in [6, 6.07) is 5.68. The van der Waals surface area contributed by atoms with Crippen LogP contribution in [0, 0.1) is 0 Å². The molecule has 118 valence electrons. The zero-order valence-electron chi connectivity index (χ0n) is 11.7. The summed E-state index contributed by atoms with van der Waals surface area (Å²) >= 11 is 13.3. The first kappa shape index (κ1) is 19.5. The molecule has 0 aliphatic rings. The smallest absolute Gasteiger partial charge is 0.332 e. The van der Waals surface area contributed by atoms with E-state index in [2.05, 4.69) is 42.3 Å². The van der Waals surface area contributed by atoms with E-state index in [4.69, 9.17) is 16.7 Å². The minimum Gasteiger partial charge on any atom is -0.332 e. The summed E-state index contributed by atoms with van der Waals surface area (Å²) < 4.78 is 19.8. The summed E-state index contributed by atoms with van der Waals surface area (Å²) in [4.78, 5) is 0. The highest BCUT2D eigenvalue weighted by atomic mass is 79.9. The zero-order valence-corrected chi connectivity index (χ0v) is 17.4. The van der Waals surface area contributed by atoms with Gasteiger partial charge < -0.3 is 9.84 Å². The Labute approximate surface area is 151 Å². The summed E-state index contributed by atoms with van der Waals surface area (Å²) in [6.07, 6.45) is 0.919. The fraction of sp³-hybridized carbons (Fsp3) is 0.417. The van der Waals surface area contributed by atoms with E-state index in [1.165, 1.54) is 11.4 Å². The normalized spacial score (nSPS) is 13.5. The minimum absolute atomic E-state index is 0.278. The van der Waals surface area contributed by atoms with Crippen molar-refractivity contribution < 1.29 is 9.09 Å². The van der Waals surface area contributed by atoms with E-state index in [-0.39, 0.29) is 5.11 Å². The maximum atomic E-state index is 12.6. The summed E-state index contributed by atoms with van der Waals surface area (Å²) in [5, 5.41) is 6.09. The van der Waals surface area contributed by atoms with E-state index in [0.29, 0.717) is 6.61 Å². The molecular formula is C12H17Br2N2O2PS2. The molecule has 0 aliphatic carbocycles. The molecule has 21 heavy (non-hydrogen) atoms. The van der Waals surface area contributed by atoms with Gasteiger partial charge >= 0.3 is 6.72 Å². The predicted molar refractivity (Wildman–Crippen MR) is 103 cm³/mol. The van der Waals surface area contributed by atoms with Crippen LogP contribution in [0.15, 0.2) is 27.1 Å². The van der Waals surface area contributed by atoms with Crippen LogP contribution in [0.5, 0.6) is 0 Å². The van der Waals surface area contributed by atoms with E-state index in [0.717, 1.165) is 26.8 Å². The lowest BCUT2D eigenvalue weighted by Crippen LogP contribution is -2.26. The molecule has 1 atom stereocenters. The van der Waals surface area contributed by atoms with Crippen molar-refractivity contribution in [2.75, 3.05) is 17.7 Å². The summed E-state index contributed by atoms with van der Waals surface area (Å²) in [6.45, 7) is 1.19. The van der Waals surface area contributed by atoms with Crippen molar-refractivity contribution in [3.05, 3.63) is 27.1 Å². The van der Waals surface area contributed by atoms with Gasteiger partial charge in [-0.05, 0) is 55.1 Å². The standard InChI is InChI=1S/C12H17Br2N2O2PS2/c1-3-5-21-19(17,18-4-2)16-12(20)15-11-7-9(13)6-10(14)8-11/h6-8H,3-5H2,1-2H3,(H2,15,16,17,20). The molecule has 1 aromatic carbocycles. The molecule has 0 heterocycles. The second-order valence-electron chi connectivity index (χ2n) is 3.97. The number of halogens is 2. The lowest BCUT2D eigenvalue weighted by Gasteiger charge is -2.20. The quantitative estimate of drug-likeness (QED) is 0.384. The molecule has 0 radical (unpaired) electrons. The van der Waals surface area contributed by atoms with Gasteiger partial charge in [0.05, 0.1) is 6.61 Å². The molecular weight excluding hydrogens is 459 g/mol. The third-order valence-electron chi connectivity index (χ3n) is 2.12. The van der Waals surface area contributed by atoms with Crippen LogP contribution in [0.3, 0.4) is 0 Å². The Balaban J connectivity index is 2.71. The number of benzene rings is 1. The van der Waals surface area contributed by atoms with Crippen molar-refractivity contribution in [1.29, 1.82) is 0 Å². The molecule has 0 spiro atoms. The summed E-state index contributed by atoms with van der Waals surface area (Å²) in [7, 11) is 0. The Hall–Kier alpha value is 0.410.